The van der Waals surface area contributed by atoms with Crippen LogP contribution in [0.15, 0.2) is 35.3 Å². The topological polar surface area (TPSA) is 103 Å². The summed E-state index contributed by atoms with van der Waals surface area (Å²) in [6.45, 7) is 8.17. The van der Waals surface area contributed by atoms with E-state index in [1.165, 1.54) is 12.1 Å². The second-order valence-corrected chi connectivity index (χ2v) is 7.99. The van der Waals surface area contributed by atoms with E-state index in [0.717, 1.165) is 22.9 Å². The first-order valence-electron chi connectivity index (χ1n) is 8.40. The van der Waals surface area contributed by atoms with E-state index in [2.05, 4.69) is 25.8 Å². The SMILES string of the molecule is Cc1cc(C(C)(C)C)c(Cl)cc1-c1cc(=O)c2c(C(N)=O)[n+]([O-])ccc2[nH]1. The molecule has 1 amide bonds. The molecule has 7 heteroatoms. The molecule has 0 unspecified atom stereocenters. The van der Waals surface area contributed by atoms with Crippen LogP contribution in [0.4, 0.5) is 0 Å². The van der Waals surface area contributed by atoms with Gasteiger partial charge in [-0.15, -0.1) is 0 Å². The number of nitrogens with zero attached hydrogens (tertiary/aromatic N) is 1. The zero-order valence-corrected chi connectivity index (χ0v) is 16.3. The van der Waals surface area contributed by atoms with Crippen molar-refractivity contribution in [1.29, 1.82) is 0 Å². The second-order valence-electron chi connectivity index (χ2n) is 7.59. The Labute approximate surface area is 161 Å². The summed E-state index contributed by atoms with van der Waals surface area (Å²) in [4.78, 5) is 27.4. The van der Waals surface area contributed by atoms with Crippen molar-refractivity contribution < 1.29 is 9.52 Å². The first-order valence-corrected chi connectivity index (χ1v) is 8.78. The van der Waals surface area contributed by atoms with Gasteiger partial charge in [-0.2, -0.15) is 4.73 Å². The fourth-order valence-corrected chi connectivity index (χ4v) is 3.65. The van der Waals surface area contributed by atoms with Gasteiger partial charge in [0.2, 0.25) is 0 Å². The zero-order chi connectivity index (χ0) is 20.1. The maximum Gasteiger partial charge on any atom is 0.315 e. The number of pyridine rings is 2. The Morgan fingerprint density at radius 1 is 1.26 bits per heavy atom. The van der Waals surface area contributed by atoms with Gasteiger partial charge < -0.3 is 15.9 Å². The molecular weight excluding hydrogens is 366 g/mol. The molecule has 0 aliphatic carbocycles. The molecular formula is C20H20ClN3O3. The van der Waals surface area contributed by atoms with Gasteiger partial charge in [-0.3, -0.25) is 9.59 Å². The number of aryl methyl sites for hydroxylation is 1. The summed E-state index contributed by atoms with van der Waals surface area (Å²) >= 11 is 6.48. The van der Waals surface area contributed by atoms with Crippen molar-refractivity contribution >= 4 is 28.4 Å². The number of H-pyrrole nitrogens is 1. The van der Waals surface area contributed by atoms with Crippen molar-refractivity contribution in [3.8, 4) is 11.3 Å². The molecule has 0 fully saturated rings. The highest BCUT2D eigenvalue weighted by Crippen LogP contribution is 2.35. The predicted octanol–water partition coefficient (Wildman–Crippen LogP) is 3.19. The maximum atomic E-state index is 12.7. The van der Waals surface area contributed by atoms with Gasteiger partial charge in [0, 0.05) is 22.7 Å². The number of hydrogen-bond acceptors (Lipinski definition) is 3. The van der Waals surface area contributed by atoms with E-state index in [0.29, 0.717) is 21.0 Å². The molecule has 3 rings (SSSR count). The van der Waals surface area contributed by atoms with Crippen LogP contribution in [0, 0.1) is 12.1 Å². The van der Waals surface area contributed by atoms with E-state index in [9.17, 15) is 14.8 Å². The Balaban J connectivity index is 2.29. The molecule has 140 valence electrons. The number of rotatable bonds is 2. The van der Waals surface area contributed by atoms with Gasteiger partial charge in [-0.25, -0.2) is 0 Å². The van der Waals surface area contributed by atoms with Crippen LogP contribution < -0.4 is 15.9 Å². The highest BCUT2D eigenvalue weighted by Gasteiger charge is 2.23. The molecule has 1 aromatic carbocycles. The van der Waals surface area contributed by atoms with Crippen molar-refractivity contribution in [2.45, 2.75) is 33.1 Å². The van der Waals surface area contributed by atoms with E-state index >= 15 is 0 Å². The largest absolute Gasteiger partial charge is 0.618 e. The number of fused-ring (bicyclic) bond motifs is 1. The number of aromatic nitrogens is 2. The number of carbonyl (C=O) groups excluding carboxylic acids is 1. The number of carbonyl (C=O) groups is 1. The van der Waals surface area contributed by atoms with Crippen LogP contribution in [-0.4, -0.2) is 10.9 Å². The van der Waals surface area contributed by atoms with Crippen LogP contribution in [0.5, 0.6) is 0 Å². The number of nitrogens with one attached hydrogen (secondary N) is 1. The third-order valence-corrected chi connectivity index (χ3v) is 4.85. The molecule has 0 spiro atoms. The summed E-state index contributed by atoms with van der Waals surface area (Å²) in [6.07, 6.45) is 1.14. The number of primary amides is 1. The standard InChI is InChI=1S/C20H20ClN3O3/c1-10-7-12(20(2,3)4)13(21)8-11(10)15-9-16(25)17-14(23-15)5-6-24(27)18(17)19(22)26/h5-9H,1-4H3,(H2,22,26)(H,23,25). The predicted molar refractivity (Wildman–Crippen MR) is 106 cm³/mol. The van der Waals surface area contributed by atoms with E-state index < -0.39 is 11.3 Å². The van der Waals surface area contributed by atoms with Gasteiger partial charge in [-0.05, 0) is 29.5 Å². The van der Waals surface area contributed by atoms with Crippen molar-refractivity contribution in [3.63, 3.8) is 0 Å². The Bertz CT molecular complexity index is 1140. The highest BCUT2D eigenvalue weighted by atomic mass is 35.5. The van der Waals surface area contributed by atoms with Crippen molar-refractivity contribution in [1.82, 2.24) is 4.98 Å². The molecule has 0 radical (unpaired) electrons. The van der Waals surface area contributed by atoms with Crippen molar-refractivity contribution in [2.24, 2.45) is 5.73 Å². The average Bonchev–Trinajstić information content (AvgIpc) is 2.55. The zero-order valence-electron chi connectivity index (χ0n) is 15.5. The molecule has 0 saturated carbocycles. The molecule has 0 aliphatic rings. The van der Waals surface area contributed by atoms with Crippen LogP contribution in [0.3, 0.4) is 0 Å². The van der Waals surface area contributed by atoms with Gasteiger partial charge in [0.05, 0.1) is 11.2 Å². The monoisotopic (exact) mass is 385 g/mol. The summed E-state index contributed by atoms with van der Waals surface area (Å²) in [5.41, 5.74) is 7.95. The average molecular weight is 386 g/mol. The minimum absolute atomic E-state index is 0.0289. The summed E-state index contributed by atoms with van der Waals surface area (Å²) in [5.74, 6) is -0.956. The van der Waals surface area contributed by atoms with E-state index in [4.69, 9.17) is 17.3 Å². The molecule has 3 N–H and O–H groups in total. The van der Waals surface area contributed by atoms with Crippen molar-refractivity contribution in [3.05, 3.63) is 67.7 Å². The molecule has 0 saturated heterocycles. The first-order chi connectivity index (χ1) is 12.5. The summed E-state index contributed by atoms with van der Waals surface area (Å²) in [6, 6.07) is 6.62. The first kappa shape index (κ1) is 18.9. The van der Waals surface area contributed by atoms with Crippen LogP contribution >= 0.6 is 11.6 Å². The third kappa shape index (κ3) is 3.28. The molecule has 2 aromatic heterocycles. The number of hydrogen-bond donors (Lipinski definition) is 2. The maximum absolute atomic E-state index is 12.7. The summed E-state index contributed by atoms with van der Waals surface area (Å²) < 4.78 is 0.305. The van der Waals surface area contributed by atoms with E-state index in [1.807, 2.05) is 19.1 Å². The van der Waals surface area contributed by atoms with Crippen LogP contribution in [0.2, 0.25) is 5.02 Å². The molecule has 0 aliphatic heterocycles. The van der Waals surface area contributed by atoms with Gasteiger partial charge in [0.25, 0.3) is 5.69 Å². The minimum atomic E-state index is -0.956. The number of halogens is 1. The van der Waals surface area contributed by atoms with E-state index in [-0.39, 0.29) is 16.5 Å². The lowest BCUT2D eigenvalue weighted by Gasteiger charge is -2.22. The fraction of sp³-hybridized carbons (Fsp3) is 0.250. The smallest absolute Gasteiger partial charge is 0.315 e. The van der Waals surface area contributed by atoms with Crippen molar-refractivity contribution in [2.75, 3.05) is 0 Å². The number of aromatic amines is 1. The van der Waals surface area contributed by atoms with Gasteiger partial charge in [0.1, 0.15) is 5.39 Å². The molecule has 27 heavy (non-hydrogen) atoms. The normalized spacial score (nSPS) is 11.7. The van der Waals surface area contributed by atoms with Gasteiger partial charge in [0.15, 0.2) is 11.6 Å². The summed E-state index contributed by atoms with van der Waals surface area (Å²) in [5, 5.41) is 12.4. The molecule has 0 atom stereocenters. The molecule has 3 aromatic rings. The molecule has 2 heterocycles. The van der Waals surface area contributed by atoms with Crippen LogP contribution in [0.25, 0.3) is 22.2 Å². The fourth-order valence-electron chi connectivity index (χ4n) is 3.20. The lowest BCUT2D eigenvalue weighted by molar-refractivity contribution is -0.606. The molecule has 6 nitrogen and oxygen atoms in total. The lowest BCUT2D eigenvalue weighted by Crippen LogP contribution is -2.38. The Morgan fingerprint density at radius 3 is 2.52 bits per heavy atom. The number of amides is 1. The van der Waals surface area contributed by atoms with Gasteiger partial charge in [-0.1, -0.05) is 38.4 Å². The highest BCUT2D eigenvalue weighted by molar-refractivity contribution is 6.31. The van der Waals surface area contributed by atoms with E-state index in [1.54, 1.807) is 0 Å². The minimum Gasteiger partial charge on any atom is -0.618 e. The number of nitrogens with two attached hydrogens (primary N) is 1. The van der Waals surface area contributed by atoms with Crippen LogP contribution in [-0.2, 0) is 5.41 Å². The summed E-state index contributed by atoms with van der Waals surface area (Å²) in [7, 11) is 0. The quantitative estimate of drug-likeness (QED) is 0.523. The number of benzene rings is 1. The molecule has 0 bridgehead atoms. The Hall–Kier alpha value is -2.86. The van der Waals surface area contributed by atoms with Gasteiger partial charge >= 0.3 is 5.91 Å². The third-order valence-electron chi connectivity index (χ3n) is 4.54. The Kier molecular flexibility index (Phi) is 4.48. The van der Waals surface area contributed by atoms with Crippen LogP contribution in [0.1, 0.15) is 42.4 Å². The lowest BCUT2D eigenvalue weighted by atomic mass is 9.85. The second kappa shape index (κ2) is 6.39. The Morgan fingerprint density at radius 2 is 1.93 bits per heavy atom.